The third kappa shape index (κ3) is 3.40. The number of hydrogen-bond acceptors (Lipinski definition) is 3. The summed E-state index contributed by atoms with van der Waals surface area (Å²) >= 11 is 0. The average molecular weight is 299 g/mol. The number of benzene rings is 1. The molecule has 0 atom stereocenters. The predicted octanol–water partition coefficient (Wildman–Crippen LogP) is 2.28. The van der Waals surface area contributed by atoms with E-state index in [1.807, 2.05) is 19.4 Å². The van der Waals surface area contributed by atoms with Gasteiger partial charge in [-0.2, -0.15) is 10.2 Å². The molecule has 0 radical (unpaired) electrons. The van der Waals surface area contributed by atoms with Crippen LogP contribution in [0.15, 0.2) is 42.9 Å². The molecule has 0 spiro atoms. The second kappa shape index (κ2) is 6.53. The van der Waals surface area contributed by atoms with Crippen molar-refractivity contribution in [3.8, 4) is 11.3 Å². The molecular formula is C16H18FN5. The molecule has 3 rings (SSSR count). The van der Waals surface area contributed by atoms with Crippen molar-refractivity contribution in [3.63, 3.8) is 0 Å². The normalized spacial score (nSPS) is 11.0. The number of nitrogens with one attached hydrogen (secondary N) is 2. The minimum Gasteiger partial charge on any atom is -0.312 e. The first kappa shape index (κ1) is 14.5. The zero-order chi connectivity index (χ0) is 15.4. The van der Waals surface area contributed by atoms with Crippen LogP contribution in [0.2, 0.25) is 0 Å². The number of nitrogens with zero attached hydrogens (tertiary/aromatic N) is 3. The van der Waals surface area contributed by atoms with Crippen molar-refractivity contribution in [1.82, 2.24) is 25.3 Å². The van der Waals surface area contributed by atoms with Crippen LogP contribution >= 0.6 is 0 Å². The third-order valence-electron chi connectivity index (χ3n) is 3.52. The van der Waals surface area contributed by atoms with Crippen LogP contribution < -0.4 is 5.32 Å². The molecule has 0 saturated heterocycles. The summed E-state index contributed by atoms with van der Waals surface area (Å²) in [5, 5.41) is 14.6. The number of halogens is 1. The zero-order valence-electron chi connectivity index (χ0n) is 12.4. The summed E-state index contributed by atoms with van der Waals surface area (Å²) < 4.78 is 14.8. The van der Waals surface area contributed by atoms with Crippen molar-refractivity contribution in [3.05, 3.63) is 59.8 Å². The smallest absolute Gasteiger partial charge is 0.123 e. The first-order valence-electron chi connectivity index (χ1n) is 7.19. The van der Waals surface area contributed by atoms with E-state index < -0.39 is 0 Å². The van der Waals surface area contributed by atoms with E-state index in [2.05, 4.69) is 20.6 Å². The van der Waals surface area contributed by atoms with Crippen LogP contribution in [-0.2, 0) is 20.0 Å². The highest BCUT2D eigenvalue weighted by Gasteiger charge is 2.07. The Labute approximate surface area is 128 Å². The second-order valence-electron chi connectivity index (χ2n) is 5.23. The topological polar surface area (TPSA) is 58.5 Å². The molecule has 1 aromatic carbocycles. The SMILES string of the molecule is Cn1cc(CCNCc2cn[nH]c2-c2ccc(F)cc2)cn1. The largest absolute Gasteiger partial charge is 0.312 e. The van der Waals surface area contributed by atoms with E-state index in [9.17, 15) is 4.39 Å². The molecule has 3 aromatic rings. The molecule has 5 nitrogen and oxygen atoms in total. The van der Waals surface area contributed by atoms with Crippen molar-refractivity contribution in [1.29, 1.82) is 0 Å². The Morgan fingerprint density at radius 1 is 1.23 bits per heavy atom. The Morgan fingerprint density at radius 3 is 2.77 bits per heavy atom. The van der Waals surface area contributed by atoms with E-state index in [0.717, 1.165) is 29.8 Å². The second-order valence-corrected chi connectivity index (χ2v) is 5.23. The van der Waals surface area contributed by atoms with Crippen LogP contribution in [0, 0.1) is 5.82 Å². The van der Waals surface area contributed by atoms with Crippen molar-refractivity contribution >= 4 is 0 Å². The van der Waals surface area contributed by atoms with Crippen LogP contribution in [-0.4, -0.2) is 26.5 Å². The van der Waals surface area contributed by atoms with Crippen molar-refractivity contribution in [2.45, 2.75) is 13.0 Å². The first-order chi connectivity index (χ1) is 10.7. The van der Waals surface area contributed by atoms with Gasteiger partial charge in [-0.1, -0.05) is 0 Å². The summed E-state index contributed by atoms with van der Waals surface area (Å²) in [7, 11) is 1.91. The summed E-state index contributed by atoms with van der Waals surface area (Å²) in [5.74, 6) is -0.237. The fourth-order valence-corrected chi connectivity index (χ4v) is 2.37. The number of H-pyrrole nitrogens is 1. The highest BCUT2D eigenvalue weighted by Crippen LogP contribution is 2.21. The van der Waals surface area contributed by atoms with E-state index in [-0.39, 0.29) is 5.82 Å². The molecular weight excluding hydrogens is 281 g/mol. The lowest BCUT2D eigenvalue weighted by atomic mass is 10.1. The fourth-order valence-electron chi connectivity index (χ4n) is 2.37. The molecule has 0 saturated carbocycles. The molecule has 22 heavy (non-hydrogen) atoms. The van der Waals surface area contributed by atoms with Crippen LogP contribution in [0.1, 0.15) is 11.1 Å². The van der Waals surface area contributed by atoms with E-state index in [1.54, 1.807) is 23.0 Å². The lowest BCUT2D eigenvalue weighted by molar-refractivity contribution is 0.628. The van der Waals surface area contributed by atoms with Gasteiger partial charge in [0, 0.05) is 30.9 Å². The maximum Gasteiger partial charge on any atom is 0.123 e. The van der Waals surface area contributed by atoms with Crippen molar-refractivity contribution < 1.29 is 4.39 Å². The number of aromatic nitrogens is 4. The van der Waals surface area contributed by atoms with E-state index in [4.69, 9.17) is 0 Å². The van der Waals surface area contributed by atoms with Gasteiger partial charge < -0.3 is 5.32 Å². The van der Waals surface area contributed by atoms with Gasteiger partial charge in [-0.3, -0.25) is 9.78 Å². The Bertz CT molecular complexity index is 729. The third-order valence-corrected chi connectivity index (χ3v) is 3.52. The Balaban J connectivity index is 1.57. The van der Waals surface area contributed by atoms with Crippen LogP contribution in [0.5, 0.6) is 0 Å². The lowest BCUT2D eigenvalue weighted by Gasteiger charge is -2.05. The van der Waals surface area contributed by atoms with Gasteiger partial charge in [0.15, 0.2) is 0 Å². The highest BCUT2D eigenvalue weighted by molar-refractivity contribution is 5.62. The van der Waals surface area contributed by atoms with Gasteiger partial charge in [0.25, 0.3) is 0 Å². The van der Waals surface area contributed by atoms with Crippen LogP contribution in [0.25, 0.3) is 11.3 Å². The van der Waals surface area contributed by atoms with E-state index in [0.29, 0.717) is 6.54 Å². The first-order valence-corrected chi connectivity index (χ1v) is 7.19. The monoisotopic (exact) mass is 299 g/mol. The van der Waals surface area contributed by atoms with Gasteiger partial charge in [0.05, 0.1) is 18.1 Å². The van der Waals surface area contributed by atoms with Crippen molar-refractivity contribution in [2.75, 3.05) is 6.54 Å². The van der Waals surface area contributed by atoms with Gasteiger partial charge in [0.1, 0.15) is 5.82 Å². The molecule has 114 valence electrons. The van der Waals surface area contributed by atoms with E-state index in [1.165, 1.54) is 17.7 Å². The molecule has 0 aliphatic carbocycles. The number of aromatic amines is 1. The summed E-state index contributed by atoms with van der Waals surface area (Å²) in [6.07, 6.45) is 6.63. The Kier molecular flexibility index (Phi) is 4.29. The molecule has 0 bridgehead atoms. The number of aryl methyl sites for hydroxylation is 1. The average Bonchev–Trinajstić information content (AvgIpc) is 3.13. The summed E-state index contributed by atoms with van der Waals surface area (Å²) in [6, 6.07) is 6.41. The molecule has 2 aromatic heterocycles. The molecule has 0 aliphatic heterocycles. The molecule has 0 aliphatic rings. The number of hydrogen-bond donors (Lipinski definition) is 2. The predicted molar refractivity (Wildman–Crippen MR) is 82.6 cm³/mol. The van der Waals surface area contributed by atoms with Gasteiger partial charge >= 0.3 is 0 Å². The van der Waals surface area contributed by atoms with Crippen LogP contribution in [0.4, 0.5) is 4.39 Å². The van der Waals surface area contributed by atoms with Gasteiger partial charge in [0.2, 0.25) is 0 Å². The zero-order valence-corrected chi connectivity index (χ0v) is 12.4. The Hall–Kier alpha value is -2.47. The molecule has 0 unspecified atom stereocenters. The maximum atomic E-state index is 13.0. The summed E-state index contributed by atoms with van der Waals surface area (Å²) in [6.45, 7) is 1.57. The highest BCUT2D eigenvalue weighted by atomic mass is 19.1. The van der Waals surface area contributed by atoms with Gasteiger partial charge in [-0.25, -0.2) is 4.39 Å². The lowest BCUT2D eigenvalue weighted by Crippen LogP contribution is -2.16. The van der Waals surface area contributed by atoms with Gasteiger partial charge in [-0.15, -0.1) is 0 Å². The minimum atomic E-state index is -0.237. The maximum absolute atomic E-state index is 13.0. The molecule has 0 amide bonds. The van der Waals surface area contributed by atoms with Crippen LogP contribution in [0.3, 0.4) is 0 Å². The summed E-state index contributed by atoms with van der Waals surface area (Å²) in [4.78, 5) is 0. The fraction of sp³-hybridized carbons (Fsp3) is 0.250. The quantitative estimate of drug-likeness (QED) is 0.687. The molecule has 2 N–H and O–H groups in total. The molecule has 0 fully saturated rings. The van der Waals surface area contributed by atoms with E-state index >= 15 is 0 Å². The molecule has 6 heteroatoms. The van der Waals surface area contributed by atoms with Crippen molar-refractivity contribution in [2.24, 2.45) is 7.05 Å². The minimum absolute atomic E-state index is 0.237. The standard InChI is InChI=1S/C16H18FN5/c1-22-11-12(8-20-22)6-7-18-9-14-10-19-21-16(14)13-2-4-15(17)5-3-13/h2-5,8,10-11,18H,6-7,9H2,1H3,(H,19,21). The number of rotatable bonds is 6. The summed E-state index contributed by atoms with van der Waals surface area (Å²) in [5.41, 5.74) is 4.13. The van der Waals surface area contributed by atoms with Gasteiger partial charge in [-0.05, 0) is 42.8 Å². The Morgan fingerprint density at radius 2 is 2.05 bits per heavy atom. The molecule has 2 heterocycles.